The maximum absolute atomic E-state index is 11.6. The molecular formula is C18H19N7O2S2. The van der Waals surface area contributed by atoms with Crippen molar-refractivity contribution in [2.45, 2.75) is 27.2 Å². The number of para-hydroxylation sites is 1. The summed E-state index contributed by atoms with van der Waals surface area (Å²) < 4.78 is 5.64. The molecule has 0 spiro atoms. The molecule has 3 aromatic rings. The highest BCUT2D eigenvalue weighted by Crippen LogP contribution is 2.40. The van der Waals surface area contributed by atoms with E-state index in [4.69, 9.17) is 10.3 Å². The van der Waals surface area contributed by atoms with E-state index in [1.54, 1.807) is 25.1 Å². The van der Waals surface area contributed by atoms with Crippen molar-refractivity contribution in [2.24, 2.45) is 5.11 Å². The van der Waals surface area contributed by atoms with E-state index < -0.39 is 0 Å². The zero-order valence-corrected chi connectivity index (χ0v) is 17.7. The van der Waals surface area contributed by atoms with Gasteiger partial charge in [0.2, 0.25) is 5.91 Å². The Balaban J connectivity index is 1.88. The number of carbonyl (C=O) groups excluding carboxylic acids is 1. The minimum absolute atomic E-state index is 0.0796. The summed E-state index contributed by atoms with van der Waals surface area (Å²) in [6.45, 7) is 6.03. The third-order valence-electron chi connectivity index (χ3n) is 3.79. The number of ether oxygens (including phenoxy) is 1. The summed E-state index contributed by atoms with van der Waals surface area (Å²) in [6, 6.07) is 5.27. The van der Waals surface area contributed by atoms with Crippen LogP contribution in [0.3, 0.4) is 0 Å². The van der Waals surface area contributed by atoms with Crippen LogP contribution in [0.4, 0.5) is 21.6 Å². The van der Waals surface area contributed by atoms with Gasteiger partial charge in [0.25, 0.3) is 0 Å². The second kappa shape index (κ2) is 9.37. The van der Waals surface area contributed by atoms with E-state index >= 15 is 0 Å². The van der Waals surface area contributed by atoms with Gasteiger partial charge in [-0.25, -0.2) is 9.97 Å². The molecule has 0 aliphatic carbocycles. The highest BCUT2D eigenvalue weighted by Gasteiger charge is 2.16. The number of hydrogen-bond donors (Lipinski definition) is 2. The molecule has 0 aliphatic heterocycles. The molecule has 11 heteroatoms. The zero-order chi connectivity index (χ0) is 20.8. The van der Waals surface area contributed by atoms with Crippen molar-refractivity contribution < 1.29 is 9.53 Å². The number of azide groups is 1. The largest absolute Gasteiger partial charge is 0.492 e. The summed E-state index contributed by atoms with van der Waals surface area (Å²) in [6.07, 6.45) is 0.394. The third kappa shape index (κ3) is 4.83. The van der Waals surface area contributed by atoms with Gasteiger partial charge in [-0.1, -0.05) is 35.5 Å². The van der Waals surface area contributed by atoms with Crippen LogP contribution in [-0.2, 0) is 4.79 Å². The minimum atomic E-state index is -0.0796. The van der Waals surface area contributed by atoms with Crippen molar-refractivity contribution in [3.05, 3.63) is 39.7 Å². The lowest BCUT2D eigenvalue weighted by Gasteiger charge is -2.12. The number of anilines is 3. The Kier molecular flexibility index (Phi) is 6.65. The van der Waals surface area contributed by atoms with E-state index in [9.17, 15) is 4.79 Å². The van der Waals surface area contributed by atoms with Crippen molar-refractivity contribution in [1.29, 1.82) is 0 Å². The number of aromatic nitrogens is 2. The number of nitrogens with one attached hydrogen (secondary N) is 2. The van der Waals surface area contributed by atoms with Gasteiger partial charge in [0.15, 0.2) is 10.3 Å². The maximum Gasteiger partial charge on any atom is 0.225 e. The van der Waals surface area contributed by atoms with Gasteiger partial charge in [-0.15, -0.1) is 11.3 Å². The standard InChI is InChI=1S/C18H19N7O2S2/c1-4-14(26)22-18-20-10(3)16(29-18)12-9-28-17(21-12)23-15-11(24-25-19)7-6-8-13(15)27-5-2/h6-9H,4-5H2,1-3H3,(H,21,23)(H,20,22,26). The van der Waals surface area contributed by atoms with Crippen LogP contribution in [0.25, 0.3) is 21.0 Å². The Labute approximate surface area is 175 Å². The predicted molar refractivity (Wildman–Crippen MR) is 117 cm³/mol. The molecule has 1 amide bonds. The topological polar surface area (TPSA) is 125 Å². The highest BCUT2D eigenvalue weighted by atomic mass is 32.1. The molecule has 3 rings (SSSR count). The first-order valence-corrected chi connectivity index (χ1v) is 10.6. The fourth-order valence-corrected chi connectivity index (χ4v) is 4.21. The molecule has 150 valence electrons. The molecule has 0 saturated carbocycles. The number of thiazole rings is 2. The summed E-state index contributed by atoms with van der Waals surface area (Å²) in [5.74, 6) is 0.497. The summed E-state index contributed by atoms with van der Waals surface area (Å²) in [5, 5.41) is 12.8. The van der Waals surface area contributed by atoms with Gasteiger partial charge in [0, 0.05) is 16.7 Å². The molecule has 29 heavy (non-hydrogen) atoms. The van der Waals surface area contributed by atoms with Crippen LogP contribution in [0.15, 0.2) is 28.7 Å². The van der Waals surface area contributed by atoms with Crippen LogP contribution < -0.4 is 15.4 Å². The molecule has 9 nitrogen and oxygen atoms in total. The van der Waals surface area contributed by atoms with Crippen LogP contribution >= 0.6 is 22.7 Å². The SMILES string of the molecule is CCOc1cccc(N=[N+]=[N-])c1Nc1nc(-c2sc(NC(=O)CC)nc2C)cs1. The van der Waals surface area contributed by atoms with E-state index in [-0.39, 0.29) is 5.91 Å². The summed E-state index contributed by atoms with van der Waals surface area (Å²) in [5.41, 5.74) is 11.4. The second-order valence-corrected chi connectivity index (χ2v) is 7.63. The van der Waals surface area contributed by atoms with Gasteiger partial charge in [-0.2, -0.15) is 0 Å². The van der Waals surface area contributed by atoms with Crippen LogP contribution in [0, 0.1) is 6.92 Å². The second-order valence-electron chi connectivity index (χ2n) is 5.77. The van der Waals surface area contributed by atoms with Gasteiger partial charge in [-0.05, 0) is 25.4 Å². The van der Waals surface area contributed by atoms with E-state index in [0.29, 0.717) is 40.4 Å². The minimum Gasteiger partial charge on any atom is -0.492 e. The molecule has 2 heterocycles. The van der Waals surface area contributed by atoms with Gasteiger partial charge < -0.3 is 15.4 Å². The van der Waals surface area contributed by atoms with Crippen LogP contribution in [0.2, 0.25) is 0 Å². The van der Waals surface area contributed by atoms with E-state index in [1.807, 2.05) is 19.2 Å². The first-order chi connectivity index (χ1) is 14.0. The fraction of sp³-hybridized carbons (Fsp3) is 0.278. The Morgan fingerprint density at radius 3 is 2.86 bits per heavy atom. The molecule has 0 unspecified atom stereocenters. The molecule has 0 radical (unpaired) electrons. The average Bonchev–Trinajstić information content (AvgIpc) is 3.30. The lowest BCUT2D eigenvalue weighted by Crippen LogP contribution is -2.08. The van der Waals surface area contributed by atoms with Crippen molar-refractivity contribution in [2.75, 3.05) is 17.2 Å². The molecule has 0 fully saturated rings. The summed E-state index contributed by atoms with van der Waals surface area (Å²) in [7, 11) is 0. The molecule has 0 saturated heterocycles. The Hall–Kier alpha value is -3.14. The number of nitrogens with zero attached hydrogens (tertiary/aromatic N) is 5. The molecule has 1 aromatic carbocycles. The van der Waals surface area contributed by atoms with Crippen molar-refractivity contribution >= 4 is 50.2 Å². The quantitative estimate of drug-likeness (QED) is 0.258. The molecule has 0 aliphatic rings. The van der Waals surface area contributed by atoms with Gasteiger partial charge in [0.1, 0.15) is 5.75 Å². The molecule has 0 atom stereocenters. The Morgan fingerprint density at radius 2 is 2.14 bits per heavy atom. The third-order valence-corrected chi connectivity index (χ3v) is 5.64. The molecule has 2 aromatic heterocycles. The number of amides is 1. The first-order valence-electron chi connectivity index (χ1n) is 8.86. The van der Waals surface area contributed by atoms with Gasteiger partial charge in [-0.3, -0.25) is 4.79 Å². The number of benzene rings is 1. The van der Waals surface area contributed by atoms with Crippen molar-refractivity contribution in [3.8, 4) is 16.3 Å². The molecular weight excluding hydrogens is 410 g/mol. The van der Waals surface area contributed by atoms with Gasteiger partial charge >= 0.3 is 0 Å². The smallest absolute Gasteiger partial charge is 0.225 e. The number of carbonyl (C=O) groups is 1. The van der Waals surface area contributed by atoms with Crippen molar-refractivity contribution in [3.63, 3.8) is 0 Å². The molecule has 2 N–H and O–H groups in total. The van der Waals surface area contributed by atoms with Crippen LogP contribution in [0.5, 0.6) is 5.75 Å². The van der Waals surface area contributed by atoms with Crippen LogP contribution in [0.1, 0.15) is 26.0 Å². The fourth-order valence-electron chi connectivity index (χ4n) is 2.49. The van der Waals surface area contributed by atoms with E-state index in [0.717, 1.165) is 16.3 Å². The first kappa shape index (κ1) is 20.6. The number of aryl methyl sites for hydroxylation is 1. The van der Waals surface area contributed by atoms with Crippen LogP contribution in [-0.4, -0.2) is 22.5 Å². The average molecular weight is 430 g/mol. The summed E-state index contributed by atoms with van der Waals surface area (Å²) in [4.78, 5) is 24.4. The highest BCUT2D eigenvalue weighted by molar-refractivity contribution is 7.20. The number of hydrogen-bond acceptors (Lipinski definition) is 8. The van der Waals surface area contributed by atoms with E-state index in [1.165, 1.54) is 22.7 Å². The monoisotopic (exact) mass is 429 g/mol. The summed E-state index contributed by atoms with van der Waals surface area (Å²) >= 11 is 2.79. The lowest BCUT2D eigenvalue weighted by molar-refractivity contribution is -0.115. The number of rotatable bonds is 8. The lowest BCUT2D eigenvalue weighted by atomic mass is 10.2. The predicted octanol–water partition coefficient (Wildman–Crippen LogP) is 6.01. The Morgan fingerprint density at radius 1 is 1.31 bits per heavy atom. The van der Waals surface area contributed by atoms with E-state index in [2.05, 4.69) is 30.6 Å². The molecule has 0 bridgehead atoms. The normalized spacial score (nSPS) is 10.3. The maximum atomic E-state index is 11.6. The van der Waals surface area contributed by atoms with Crippen molar-refractivity contribution in [1.82, 2.24) is 9.97 Å². The Bertz CT molecular complexity index is 1070. The van der Waals surface area contributed by atoms with Gasteiger partial charge in [0.05, 0.1) is 34.2 Å². The zero-order valence-electron chi connectivity index (χ0n) is 16.1.